The summed E-state index contributed by atoms with van der Waals surface area (Å²) in [5, 5.41) is 0. The fourth-order valence-electron chi connectivity index (χ4n) is 4.14. The Labute approximate surface area is 173 Å². The summed E-state index contributed by atoms with van der Waals surface area (Å²) < 4.78 is 30.2. The van der Waals surface area contributed by atoms with Crippen molar-refractivity contribution in [2.75, 3.05) is 17.8 Å². The molecule has 4 rings (SSSR count). The minimum Gasteiger partial charge on any atom is -0.271 e. The number of anilines is 1. The van der Waals surface area contributed by atoms with Gasteiger partial charge in [0, 0.05) is 24.7 Å². The topological polar surface area (TPSA) is 49.4 Å². The van der Waals surface area contributed by atoms with Crippen LogP contribution in [0.1, 0.15) is 29.0 Å². The molecule has 1 saturated heterocycles. The minimum absolute atomic E-state index is 0.178. The Bertz CT molecular complexity index is 996. The predicted octanol–water partition coefficient (Wildman–Crippen LogP) is 4.81. The summed E-state index contributed by atoms with van der Waals surface area (Å²) >= 11 is 0. The quantitative estimate of drug-likeness (QED) is 0.639. The molecule has 3 aromatic rings. The molecule has 1 aliphatic heterocycles. The SMILES string of the molecule is Cc1ccc(NS(=O)(=O)N2CCC(C(c3ccccc3)c3ccccc3)C2)cc1. The molecule has 1 aliphatic rings. The number of hydrogen-bond donors (Lipinski definition) is 1. The van der Waals surface area contributed by atoms with Gasteiger partial charge >= 0.3 is 10.2 Å². The highest BCUT2D eigenvalue weighted by molar-refractivity contribution is 7.90. The molecule has 1 heterocycles. The number of rotatable bonds is 6. The molecular weight excluding hydrogens is 380 g/mol. The summed E-state index contributed by atoms with van der Waals surface area (Å²) in [6.45, 7) is 3.02. The minimum atomic E-state index is -3.57. The van der Waals surface area contributed by atoms with Crippen molar-refractivity contribution in [3.05, 3.63) is 102 Å². The average Bonchev–Trinajstić information content (AvgIpc) is 3.22. The smallest absolute Gasteiger partial charge is 0.271 e. The first-order chi connectivity index (χ1) is 14.0. The van der Waals surface area contributed by atoms with E-state index in [4.69, 9.17) is 0 Å². The van der Waals surface area contributed by atoms with Gasteiger partial charge in [-0.05, 0) is 42.5 Å². The molecule has 0 aliphatic carbocycles. The number of nitrogens with zero attached hydrogens (tertiary/aromatic N) is 1. The van der Waals surface area contributed by atoms with E-state index in [-0.39, 0.29) is 11.8 Å². The van der Waals surface area contributed by atoms with Gasteiger partial charge in [0.15, 0.2) is 0 Å². The maximum absolute atomic E-state index is 12.9. The Morgan fingerprint density at radius 1 is 0.862 bits per heavy atom. The van der Waals surface area contributed by atoms with Crippen molar-refractivity contribution < 1.29 is 8.42 Å². The van der Waals surface area contributed by atoms with Crippen LogP contribution in [0.4, 0.5) is 5.69 Å². The van der Waals surface area contributed by atoms with Crippen molar-refractivity contribution in [1.82, 2.24) is 4.31 Å². The van der Waals surface area contributed by atoms with Crippen LogP contribution < -0.4 is 4.72 Å². The number of hydrogen-bond acceptors (Lipinski definition) is 2. The highest BCUT2D eigenvalue weighted by atomic mass is 32.2. The van der Waals surface area contributed by atoms with Gasteiger partial charge in [0.25, 0.3) is 0 Å². The van der Waals surface area contributed by atoms with Crippen LogP contribution in [0.5, 0.6) is 0 Å². The van der Waals surface area contributed by atoms with E-state index in [9.17, 15) is 8.42 Å². The lowest BCUT2D eigenvalue weighted by atomic mass is 9.80. The van der Waals surface area contributed by atoms with E-state index in [1.807, 2.05) is 55.5 Å². The van der Waals surface area contributed by atoms with Crippen molar-refractivity contribution >= 4 is 15.9 Å². The monoisotopic (exact) mass is 406 g/mol. The molecule has 29 heavy (non-hydrogen) atoms. The zero-order valence-electron chi connectivity index (χ0n) is 16.5. The molecule has 150 valence electrons. The molecule has 1 atom stereocenters. The standard InChI is InChI=1S/C24H26N2O2S/c1-19-12-14-23(15-13-19)25-29(27,28)26-17-16-22(18-26)24(20-8-4-2-5-9-20)21-10-6-3-7-11-21/h2-15,22,24-25H,16-18H2,1H3. The van der Waals surface area contributed by atoms with Crippen LogP contribution in [0, 0.1) is 12.8 Å². The summed E-state index contributed by atoms with van der Waals surface area (Å²) in [5.74, 6) is 0.409. The van der Waals surface area contributed by atoms with E-state index >= 15 is 0 Å². The highest BCUT2D eigenvalue weighted by Gasteiger charge is 2.36. The fourth-order valence-corrected chi connectivity index (χ4v) is 5.43. The van der Waals surface area contributed by atoms with Crippen molar-refractivity contribution in [2.45, 2.75) is 19.3 Å². The maximum Gasteiger partial charge on any atom is 0.301 e. The van der Waals surface area contributed by atoms with E-state index < -0.39 is 10.2 Å². The van der Waals surface area contributed by atoms with Crippen LogP contribution in [0.2, 0.25) is 0 Å². The van der Waals surface area contributed by atoms with Crippen LogP contribution in [-0.2, 0) is 10.2 Å². The largest absolute Gasteiger partial charge is 0.301 e. The lowest BCUT2D eigenvalue weighted by Gasteiger charge is -2.25. The second kappa shape index (κ2) is 8.39. The van der Waals surface area contributed by atoms with Crippen LogP contribution >= 0.6 is 0 Å². The Kier molecular flexibility index (Phi) is 5.69. The Hall–Kier alpha value is -2.63. The fraction of sp³-hybridized carbons (Fsp3) is 0.250. The van der Waals surface area contributed by atoms with E-state index in [0.29, 0.717) is 18.8 Å². The Morgan fingerprint density at radius 3 is 1.97 bits per heavy atom. The lowest BCUT2D eigenvalue weighted by molar-refractivity contribution is 0.442. The second-order valence-corrected chi connectivity index (χ2v) is 9.35. The first kappa shape index (κ1) is 19.7. The molecule has 0 saturated carbocycles. The van der Waals surface area contributed by atoms with E-state index in [1.54, 1.807) is 16.4 Å². The van der Waals surface area contributed by atoms with Gasteiger partial charge in [-0.25, -0.2) is 0 Å². The van der Waals surface area contributed by atoms with Crippen LogP contribution in [0.15, 0.2) is 84.9 Å². The summed E-state index contributed by atoms with van der Waals surface area (Å²) in [5.41, 5.74) is 4.16. The zero-order valence-corrected chi connectivity index (χ0v) is 17.3. The van der Waals surface area contributed by atoms with Crippen molar-refractivity contribution in [2.24, 2.45) is 5.92 Å². The van der Waals surface area contributed by atoms with E-state index in [2.05, 4.69) is 29.0 Å². The van der Waals surface area contributed by atoms with Gasteiger partial charge in [0.1, 0.15) is 0 Å². The molecule has 1 N–H and O–H groups in total. The highest BCUT2D eigenvalue weighted by Crippen LogP contribution is 2.38. The van der Waals surface area contributed by atoms with Gasteiger partial charge in [-0.3, -0.25) is 4.72 Å². The number of benzene rings is 3. The summed E-state index contributed by atoms with van der Waals surface area (Å²) in [7, 11) is -3.57. The molecule has 0 spiro atoms. The lowest BCUT2D eigenvalue weighted by Crippen LogP contribution is -2.34. The molecule has 3 aromatic carbocycles. The molecule has 0 amide bonds. The average molecular weight is 407 g/mol. The third-order valence-corrected chi connectivity index (χ3v) is 7.12. The van der Waals surface area contributed by atoms with Crippen molar-refractivity contribution in [3.63, 3.8) is 0 Å². The van der Waals surface area contributed by atoms with Crippen LogP contribution in [0.25, 0.3) is 0 Å². The Balaban J connectivity index is 1.55. The number of nitrogens with one attached hydrogen (secondary N) is 1. The van der Waals surface area contributed by atoms with Crippen LogP contribution in [0.3, 0.4) is 0 Å². The van der Waals surface area contributed by atoms with Gasteiger partial charge in [-0.2, -0.15) is 12.7 Å². The normalized spacial score (nSPS) is 17.5. The summed E-state index contributed by atoms with van der Waals surface area (Å²) in [4.78, 5) is 0. The number of aryl methyl sites for hydroxylation is 1. The van der Waals surface area contributed by atoms with Gasteiger partial charge in [-0.1, -0.05) is 78.4 Å². The first-order valence-corrected chi connectivity index (χ1v) is 11.4. The summed E-state index contributed by atoms with van der Waals surface area (Å²) in [6, 6.07) is 28.2. The van der Waals surface area contributed by atoms with Gasteiger partial charge in [0.2, 0.25) is 0 Å². The van der Waals surface area contributed by atoms with Gasteiger partial charge in [0.05, 0.1) is 0 Å². The van der Waals surface area contributed by atoms with Crippen molar-refractivity contribution in [1.29, 1.82) is 0 Å². The molecule has 0 aromatic heterocycles. The third kappa shape index (κ3) is 4.52. The second-order valence-electron chi connectivity index (χ2n) is 7.68. The molecule has 1 unspecified atom stereocenters. The van der Waals surface area contributed by atoms with Gasteiger partial charge < -0.3 is 0 Å². The molecule has 1 fully saturated rings. The molecule has 0 radical (unpaired) electrons. The maximum atomic E-state index is 12.9. The Morgan fingerprint density at radius 2 is 1.41 bits per heavy atom. The summed E-state index contributed by atoms with van der Waals surface area (Å²) in [6.07, 6.45) is 0.837. The third-order valence-electron chi connectivity index (χ3n) is 5.61. The molecular formula is C24H26N2O2S. The predicted molar refractivity (Wildman–Crippen MR) is 118 cm³/mol. The van der Waals surface area contributed by atoms with E-state index in [0.717, 1.165) is 12.0 Å². The van der Waals surface area contributed by atoms with E-state index in [1.165, 1.54) is 11.1 Å². The van der Waals surface area contributed by atoms with Crippen molar-refractivity contribution in [3.8, 4) is 0 Å². The van der Waals surface area contributed by atoms with Crippen LogP contribution in [-0.4, -0.2) is 25.8 Å². The molecule has 5 heteroatoms. The molecule has 4 nitrogen and oxygen atoms in total. The zero-order chi connectivity index (χ0) is 20.3. The first-order valence-electron chi connectivity index (χ1n) is 9.97. The molecule has 0 bridgehead atoms. The van der Waals surface area contributed by atoms with Gasteiger partial charge in [-0.15, -0.1) is 0 Å².